The molecule has 23 heavy (non-hydrogen) atoms. The maximum Gasteiger partial charge on any atom is 0.286 e. The third-order valence-electron chi connectivity index (χ3n) is 2.81. The Kier molecular flexibility index (Phi) is 6.78. The molecule has 0 aliphatic carbocycles. The van der Waals surface area contributed by atoms with Crippen LogP contribution in [0.25, 0.3) is 0 Å². The number of benzene rings is 1. The van der Waals surface area contributed by atoms with Gasteiger partial charge in [0.25, 0.3) is 11.6 Å². The van der Waals surface area contributed by atoms with Crippen LogP contribution in [0.4, 0.5) is 5.69 Å². The third kappa shape index (κ3) is 4.83. The van der Waals surface area contributed by atoms with Crippen LogP contribution in [0.3, 0.4) is 0 Å². The second kappa shape index (κ2) is 8.57. The highest BCUT2D eigenvalue weighted by Crippen LogP contribution is 2.34. The maximum absolute atomic E-state index is 12.1. The topological polar surface area (TPSA) is 120 Å². The number of amides is 2. The van der Waals surface area contributed by atoms with Gasteiger partial charge in [0.2, 0.25) is 5.91 Å². The number of methoxy groups -OCH3 is 1. The number of nitro benzene ring substituents is 1. The number of hydrogen-bond acceptors (Lipinski definition) is 6. The summed E-state index contributed by atoms with van der Waals surface area (Å²) in [5, 5.41) is 16.0. The zero-order valence-corrected chi connectivity index (χ0v) is 13.2. The Labute approximate surface area is 133 Å². The molecule has 0 radical (unpaired) electrons. The largest absolute Gasteiger partial charge is 0.493 e. The first-order valence-corrected chi connectivity index (χ1v) is 6.98. The van der Waals surface area contributed by atoms with Crippen LogP contribution >= 0.6 is 0 Å². The monoisotopic (exact) mass is 325 g/mol. The van der Waals surface area contributed by atoms with Crippen LogP contribution in [-0.4, -0.2) is 43.5 Å². The number of nitrogens with zero attached hydrogens (tertiary/aromatic N) is 1. The van der Waals surface area contributed by atoms with E-state index in [1.165, 1.54) is 13.2 Å². The average molecular weight is 325 g/mol. The molecule has 0 unspecified atom stereocenters. The number of rotatable bonds is 8. The first-order chi connectivity index (χ1) is 10.9. The van der Waals surface area contributed by atoms with Crippen LogP contribution in [0.2, 0.25) is 0 Å². The Morgan fingerprint density at radius 1 is 1.22 bits per heavy atom. The highest BCUT2D eigenvalue weighted by atomic mass is 16.6. The van der Waals surface area contributed by atoms with Crippen molar-refractivity contribution >= 4 is 17.5 Å². The summed E-state index contributed by atoms with van der Waals surface area (Å²) in [6.07, 6.45) is 0. The zero-order chi connectivity index (χ0) is 17.4. The molecule has 1 rings (SSSR count). The summed E-state index contributed by atoms with van der Waals surface area (Å²) >= 11 is 0. The minimum Gasteiger partial charge on any atom is -0.493 e. The van der Waals surface area contributed by atoms with Crippen molar-refractivity contribution in [1.29, 1.82) is 0 Å². The SMILES string of the molecule is CCNC(=O)CNC(=O)c1cc(OC)c(OCC)cc1[N+](=O)[O-]. The van der Waals surface area contributed by atoms with Crippen molar-refractivity contribution in [3.8, 4) is 11.5 Å². The lowest BCUT2D eigenvalue weighted by Crippen LogP contribution is -2.36. The predicted molar refractivity (Wildman–Crippen MR) is 81.8 cm³/mol. The van der Waals surface area contributed by atoms with Crippen molar-refractivity contribution in [3.63, 3.8) is 0 Å². The fourth-order valence-electron chi connectivity index (χ4n) is 1.83. The molecule has 126 valence electrons. The van der Waals surface area contributed by atoms with E-state index in [0.29, 0.717) is 6.54 Å². The molecule has 9 nitrogen and oxygen atoms in total. The molecular weight excluding hydrogens is 306 g/mol. The Hall–Kier alpha value is -2.84. The van der Waals surface area contributed by atoms with Gasteiger partial charge in [-0.25, -0.2) is 0 Å². The van der Waals surface area contributed by atoms with Crippen molar-refractivity contribution in [2.24, 2.45) is 0 Å². The summed E-state index contributed by atoms with van der Waals surface area (Å²) in [4.78, 5) is 34.0. The molecule has 0 bridgehead atoms. The van der Waals surface area contributed by atoms with E-state index in [9.17, 15) is 19.7 Å². The molecule has 0 fully saturated rings. The number of nitrogens with one attached hydrogen (secondary N) is 2. The van der Waals surface area contributed by atoms with Crippen LogP contribution in [0, 0.1) is 10.1 Å². The second-order valence-corrected chi connectivity index (χ2v) is 4.35. The maximum atomic E-state index is 12.1. The minimum absolute atomic E-state index is 0.168. The van der Waals surface area contributed by atoms with E-state index in [0.717, 1.165) is 6.07 Å². The highest BCUT2D eigenvalue weighted by Gasteiger charge is 2.24. The Bertz CT molecular complexity index is 602. The standard InChI is InChI=1S/C14H19N3O6/c1-4-15-13(18)8-16-14(19)9-6-11(22-3)12(23-5-2)7-10(9)17(20)21/h6-7H,4-5,8H2,1-3H3,(H,15,18)(H,16,19). The summed E-state index contributed by atoms with van der Waals surface area (Å²) < 4.78 is 10.3. The summed E-state index contributed by atoms with van der Waals surface area (Å²) in [5.74, 6) is -0.770. The van der Waals surface area contributed by atoms with Gasteiger partial charge in [-0.2, -0.15) is 0 Å². The van der Waals surface area contributed by atoms with E-state index in [4.69, 9.17) is 9.47 Å². The van der Waals surface area contributed by atoms with Gasteiger partial charge in [0.1, 0.15) is 5.56 Å². The lowest BCUT2D eigenvalue weighted by molar-refractivity contribution is -0.385. The quantitative estimate of drug-likeness (QED) is 0.540. The number of ether oxygens (including phenoxy) is 2. The molecule has 0 saturated carbocycles. The number of likely N-dealkylation sites (N-methyl/N-ethyl adjacent to an activating group) is 1. The fourth-order valence-corrected chi connectivity index (χ4v) is 1.83. The van der Waals surface area contributed by atoms with Gasteiger partial charge >= 0.3 is 0 Å². The Morgan fingerprint density at radius 2 is 1.91 bits per heavy atom. The lowest BCUT2D eigenvalue weighted by atomic mass is 10.1. The molecule has 2 N–H and O–H groups in total. The van der Waals surface area contributed by atoms with Gasteiger partial charge in [0.15, 0.2) is 11.5 Å². The van der Waals surface area contributed by atoms with Gasteiger partial charge in [-0.1, -0.05) is 0 Å². The van der Waals surface area contributed by atoms with E-state index in [-0.39, 0.29) is 36.1 Å². The number of carbonyl (C=O) groups excluding carboxylic acids is 2. The smallest absolute Gasteiger partial charge is 0.286 e. The van der Waals surface area contributed by atoms with E-state index in [1.807, 2.05) is 0 Å². The number of nitro groups is 1. The first-order valence-electron chi connectivity index (χ1n) is 6.98. The van der Waals surface area contributed by atoms with E-state index in [1.54, 1.807) is 13.8 Å². The molecule has 9 heteroatoms. The van der Waals surface area contributed by atoms with Gasteiger partial charge in [-0.15, -0.1) is 0 Å². The summed E-state index contributed by atoms with van der Waals surface area (Å²) in [6.45, 7) is 3.89. The Morgan fingerprint density at radius 3 is 2.43 bits per heavy atom. The number of hydrogen-bond donors (Lipinski definition) is 2. The summed E-state index contributed by atoms with van der Waals surface area (Å²) in [6, 6.07) is 2.35. The van der Waals surface area contributed by atoms with Gasteiger partial charge in [-0.3, -0.25) is 19.7 Å². The molecule has 1 aromatic carbocycles. The van der Waals surface area contributed by atoms with E-state index < -0.39 is 16.5 Å². The second-order valence-electron chi connectivity index (χ2n) is 4.35. The molecule has 0 heterocycles. The normalized spacial score (nSPS) is 9.87. The van der Waals surface area contributed by atoms with Crippen molar-refractivity contribution in [3.05, 3.63) is 27.8 Å². The van der Waals surface area contributed by atoms with Gasteiger partial charge in [-0.05, 0) is 13.8 Å². The van der Waals surface area contributed by atoms with Crippen LogP contribution in [-0.2, 0) is 4.79 Å². The molecule has 0 atom stereocenters. The van der Waals surface area contributed by atoms with Crippen LogP contribution in [0.15, 0.2) is 12.1 Å². The van der Waals surface area contributed by atoms with Crippen LogP contribution in [0.5, 0.6) is 11.5 Å². The molecular formula is C14H19N3O6. The molecule has 1 aromatic rings. The van der Waals surface area contributed by atoms with Gasteiger partial charge in [0.05, 0.1) is 31.3 Å². The van der Waals surface area contributed by atoms with Crippen molar-refractivity contribution in [2.75, 3.05) is 26.8 Å². The Balaban J connectivity index is 3.10. The van der Waals surface area contributed by atoms with Gasteiger partial charge in [0, 0.05) is 12.6 Å². The zero-order valence-electron chi connectivity index (χ0n) is 13.2. The third-order valence-corrected chi connectivity index (χ3v) is 2.81. The molecule has 0 aliphatic heterocycles. The average Bonchev–Trinajstić information content (AvgIpc) is 2.52. The minimum atomic E-state index is -0.746. The lowest BCUT2D eigenvalue weighted by Gasteiger charge is -2.12. The molecule has 0 spiro atoms. The fraction of sp³-hybridized carbons (Fsp3) is 0.429. The van der Waals surface area contributed by atoms with Gasteiger partial charge < -0.3 is 20.1 Å². The van der Waals surface area contributed by atoms with Crippen molar-refractivity contribution in [1.82, 2.24) is 10.6 Å². The highest BCUT2D eigenvalue weighted by molar-refractivity contribution is 6.00. The van der Waals surface area contributed by atoms with E-state index >= 15 is 0 Å². The predicted octanol–water partition coefficient (Wildman–Crippen LogP) is 0.868. The summed E-state index contributed by atoms with van der Waals surface area (Å²) in [7, 11) is 1.36. The first kappa shape index (κ1) is 18.2. The molecule has 0 aromatic heterocycles. The van der Waals surface area contributed by atoms with Crippen molar-refractivity contribution < 1.29 is 24.0 Å². The van der Waals surface area contributed by atoms with Crippen LogP contribution < -0.4 is 20.1 Å². The molecule has 0 saturated heterocycles. The van der Waals surface area contributed by atoms with E-state index in [2.05, 4.69) is 10.6 Å². The molecule has 0 aliphatic rings. The summed E-state index contributed by atoms with van der Waals surface area (Å²) in [5.41, 5.74) is -0.637. The van der Waals surface area contributed by atoms with Crippen LogP contribution in [0.1, 0.15) is 24.2 Å². The molecule has 2 amide bonds. The number of carbonyl (C=O) groups is 2. The van der Waals surface area contributed by atoms with Crippen molar-refractivity contribution in [2.45, 2.75) is 13.8 Å².